The van der Waals surface area contributed by atoms with E-state index in [1.165, 1.54) is 4.90 Å². The van der Waals surface area contributed by atoms with Crippen LogP contribution in [0.15, 0.2) is 0 Å². The van der Waals surface area contributed by atoms with Gasteiger partial charge in [-0.15, -0.1) is 0 Å². The molecule has 1 aliphatic carbocycles. The molecule has 0 aromatic carbocycles. The minimum Gasteiger partial charge on any atom is -0.396 e. The third-order valence-electron chi connectivity index (χ3n) is 3.41. The zero-order valence-corrected chi connectivity index (χ0v) is 9.69. The highest BCUT2D eigenvalue weighted by Gasteiger charge is 2.38. The summed E-state index contributed by atoms with van der Waals surface area (Å²) in [6.07, 6.45) is -0.421. The normalized spacial score (nSPS) is 20.6. The van der Waals surface area contributed by atoms with Gasteiger partial charge in [-0.05, 0) is 19.4 Å². The van der Waals surface area contributed by atoms with Crippen LogP contribution < -0.4 is 0 Å². The molecule has 1 rings (SSSR count). The Labute approximate surface area is 94.4 Å². The molecule has 1 aliphatic rings. The van der Waals surface area contributed by atoms with Crippen LogP contribution >= 0.6 is 0 Å². The maximum absolute atomic E-state index is 12.3. The summed E-state index contributed by atoms with van der Waals surface area (Å²) in [4.78, 5) is 1.39. The second-order valence-electron chi connectivity index (χ2n) is 4.78. The first kappa shape index (κ1) is 13.8. The second-order valence-corrected chi connectivity index (χ2v) is 4.78. The summed E-state index contributed by atoms with van der Waals surface area (Å²) in [6, 6.07) is 0. The van der Waals surface area contributed by atoms with Crippen molar-refractivity contribution in [2.75, 3.05) is 26.2 Å². The highest BCUT2D eigenvalue weighted by atomic mass is 19.4. The molecule has 0 aromatic heterocycles. The van der Waals surface area contributed by atoms with Gasteiger partial charge in [-0.3, -0.25) is 4.90 Å². The van der Waals surface area contributed by atoms with Gasteiger partial charge in [0.25, 0.3) is 0 Å². The zero-order chi connectivity index (χ0) is 12.2. The van der Waals surface area contributed by atoms with Gasteiger partial charge in [0, 0.05) is 18.6 Å². The Hall–Kier alpha value is -0.290. The molecule has 0 amide bonds. The summed E-state index contributed by atoms with van der Waals surface area (Å²) in [5, 5.41) is 9.35. The van der Waals surface area contributed by atoms with E-state index in [0.717, 1.165) is 25.7 Å². The average molecular weight is 239 g/mol. The van der Waals surface area contributed by atoms with Gasteiger partial charge in [0.1, 0.15) is 0 Å². The lowest BCUT2D eigenvalue weighted by molar-refractivity contribution is -0.149. The lowest BCUT2D eigenvalue weighted by Gasteiger charge is -2.33. The molecule has 2 nitrogen and oxygen atoms in total. The lowest BCUT2D eigenvalue weighted by atomic mass is 9.86. The van der Waals surface area contributed by atoms with Crippen LogP contribution in [-0.2, 0) is 0 Å². The third-order valence-corrected chi connectivity index (χ3v) is 3.41. The van der Waals surface area contributed by atoms with E-state index in [1.54, 1.807) is 6.92 Å². The molecule has 1 N–H and O–H groups in total. The van der Waals surface area contributed by atoms with Crippen molar-refractivity contribution in [3.63, 3.8) is 0 Å². The molecule has 0 saturated heterocycles. The molecule has 0 aliphatic heterocycles. The van der Waals surface area contributed by atoms with E-state index in [9.17, 15) is 18.3 Å². The second kappa shape index (κ2) is 5.36. The average Bonchev–Trinajstić information content (AvgIpc) is 2.64. The first-order valence-corrected chi connectivity index (χ1v) is 5.81. The molecular weight excluding hydrogens is 219 g/mol. The molecule has 0 bridgehead atoms. The largest absolute Gasteiger partial charge is 0.401 e. The first-order valence-electron chi connectivity index (χ1n) is 5.81. The Balaban J connectivity index is 2.54. The fourth-order valence-electron chi connectivity index (χ4n) is 2.50. The molecule has 0 unspecified atom stereocenters. The number of hydrogen-bond donors (Lipinski definition) is 1. The van der Waals surface area contributed by atoms with E-state index in [2.05, 4.69) is 0 Å². The van der Waals surface area contributed by atoms with Gasteiger partial charge in [0.2, 0.25) is 0 Å². The summed E-state index contributed by atoms with van der Waals surface area (Å²) >= 11 is 0. The number of alkyl halides is 3. The number of rotatable bonds is 5. The Bertz CT molecular complexity index is 212. The molecule has 0 heterocycles. The number of nitrogens with zero attached hydrogens (tertiary/aromatic N) is 1. The summed E-state index contributed by atoms with van der Waals surface area (Å²) in [6.45, 7) is 1.60. The molecule has 96 valence electrons. The predicted molar refractivity (Wildman–Crippen MR) is 56.2 cm³/mol. The van der Waals surface area contributed by atoms with Crippen LogP contribution in [0.2, 0.25) is 0 Å². The highest BCUT2D eigenvalue weighted by molar-refractivity contribution is 4.87. The van der Waals surface area contributed by atoms with E-state index in [1.807, 2.05) is 0 Å². The van der Waals surface area contributed by atoms with Gasteiger partial charge in [0.05, 0.1) is 6.54 Å². The first-order chi connectivity index (χ1) is 7.41. The number of aliphatic hydroxyl groups is 1. The zero-order valence-electron chi connectivity index (χ0n) is 9.69. The van der Waals surface area contributed by atoms with Crippen molar-refractivity contribution in [2.24, 2.45) is 5.41 Å². The Kier molecular flexibility index (Phi) is 4.62. The molecular formula is C11H20F3NO. The summed E-state index contributed by atoms with van der Waals surface area (Å²) in [5.74, 6) is 0. The van der Waals surface area contributed by atoms with Crippen LogP contribution in [0.5, 0.6) is 0 Å². The SMILES string of the molecule is CCN(CC(F)(F)F)CC1(CO)CCCC1. The van der Waals surface area contributed by atoms with Crippen molar-refractivity contribution in [3.8, 4) is 0 Å². The van der Waals surface area contributed by atoms with Gasteiger partial charge in [-0.2, -0.15) is 13.2 Å². The van der Waals surface area contributed by atoms with Gasteiger partial charge >= 0.3 is 6.18 Å². The summed E-state index contributed by atoms with van der Waals surface area (Å²) in [7, 11) is 0. The van der Waals surface area contributed by atoms with E-state index in [0.29, 0.717) is 13.1 Å². The fraction of sp³-hybridized carbons (Fsp3) is 1.00. The molecule has 0 spiro atoms. The van der Waals surface area contributed by atoms with E-state index < -0.39 is 12.7 Å². The van der Waals surface area contributed by atoms with Crippen molar-refractivity contribution in [3.05, 3.63) is 0 Å². The Morgan fingerprint density at radius 2 is 1.81 bits per heavy atom. The molecule has 0 radical (unpaired) electrons. The molecule has 0 aromatic rings. The standard InChI is InChI=1S/C11H20F3NO/c1-2-15(8-11(12,13)14)7-10(9-16)5-3-4-6-10/h16H,2-9H2,1H3. The van der Waals surface area contributed by atoms with Crippen LogP contribution in [0, 0.1) is 5.41 Å². The molecule has 5 heteroatoms. The van der Waals surface area contributed by atoms with Crippen LogP contribution in [0.1, 0.15) is 32.6 Å². The minimum atomic E-state index is -4.15. The highest BCUT2D eigenvalue weighted by Crippen LogP contribution is 2.38. The van der Waals surface area contributed by atoms with Gasteiger partial charge in [-0.1, -0.05) is 19.8 Å². The number of aliphatic hydroxyl groups excluding tert-OH is 1. The van der Waals surface area contributed by atoms with E-state index >= 15 is 0 Å². The maximum atomic E-state index is 12.3. The van der Waals surface area contributed by atoms with Crippen LogP contribution in [0.3, 0.4) is 0 Å². The van der Waals surface area contributed by atoms with Gasteiger partial charge in [0.15, 0.2) is 0 Å². The minimum absolute atomic E-state index is 0.00135. The van der Waals surface area contributed by atoms with Crippen molar-refractivity contribution in [2.45, 2.75) is 38.8 Å². The molecule has 0 atom stereocenters. The van der Waals surface area contributed by atoms with Crippen molar-refractivity contribution >= 4 is 0 Å². The van der Waals surface area contributed by atoms with Crippen molar-refractivity contribution < 1.29 is 18.3 Å². The maximum Gasteiger partial charge on any atom is 0.401 e. The Morgan fingerprint density at radius 1 is 1.25 bits per heavy atom. The van der Waals surface area contributed by atoms with E-state index in [4.69, 9.17) is 0 Å². The smallest absolute Gasteiger partial charge is 0.396 e. The topological polar surface area (TPSA) is 23.5 Å². The quantitative estimate of drug-likeness (QED) is 0.796. The predicted octanol–water partition coefficient (Wildman–Crippen LogP) is 2.42. The Morgan fingerprint density at radius 3 is 2.19 bits per heavy atom. The van der Waals surface area contributed by atoms with Crippen LogP contribution in [0.25, 0.3) is 0 Å². The third kappa shape index (κ3) is 3.94. The van der Waals surface area contributed by atoms with E-state index in [-0.39, 0.29) is 12.0 Å². The van der Waals surface area contributed by atoms with Crippen LogP contribution in [0.4, 0.5) is 13.2 Å². The molecule has 16 heavy (non-hydrogen) atoms. The molecule has 1 saturated carbocycles. The van der Waals surface area contributed by atoms with Gasteiger partial charge < -0.3 is 5.11 Å². The number of hydrogen-bond acceptors (Lipinski definition) is 2. The van der Waals surface area contributed by atoms with Crippen molar-refractivity contribution in [1.82, 2.24) is 4.90 Å². The number of halogens is 3. The lowest BCUT2D eigenvalue weighted by Crippen LogP contribution is -2.42. The van der Waals surface area contributed by atoms with Gasteiger partial charge in [-0.25, -0.2) is 0 Å². The van der Waals surface area contributed by atoms with Crippen molar-refractivity contribution in [1.29, 1.82) is 0 Å². The molecule has 1 fully saturated rings. The summed E-state index contributed by atoms with van der Waals surface area (Å²) < 4.78 is 36.9. The monoisotopic (exact) mass is 239 g/mol. The summed E-state index contributed by atoms with van der Waals surface area (Å²) in [5.41, 5.74) is -0.290. The fourth-order valence-corrected chi connectivity index (χ4v) is 2.50. The van der Waals surface area contributed by atoms with Crippen LogP contribution in [-0.4, -0.2) is 42.4 Å².